The molecule has 1 heterocycles. The van der Waals surface area contributed by atoms with Gasteiger partial charge in [0.2, 0.25) is 0 Å². The van der Waals surface area contributed by atoms with Gasteiger partial charge in [0.25, 0.3) is 9.05 Å². The fraction of sp³-hybridized carbons (Fsp3) is 0.364. The summed E-state index contributed by atoms with van der Waals surface area (Å²) in [6, 6.07) is 4.21. The Morgan fingerprint density at radius 3 is 2.83 bits per heavy atom. The molecule has 0 radical (unpaired) electrons. The first-order chi connectivity index (χ1) is 8.43. The third-order valence-corrected chi connectivity index (χ3v) is 4.14. The van der Waals surface area contributed by atoms with Crippen LogP contribution >= 0.6 is 10.7 Å². The van der Waals surface area contributed by atoms with Crippen molar-refractivity contribution in [3.05, 3.63) is 23.8 Å². The van der Waals surface area contributed by atoms with Crippen LogP contribution in [0.1, 0.15) is 17.9 Å². The van der Waals surface area contributed by atoms with Gasteiger partial charge in [0.1, 0.15) is 5.75 Å². The second-order valence-electron chi connectivity index (χ2n) is 3.85. The van der Waals surface area contributed by atoms with Crippen LogP contribution in [0, 0.1) is 0 Å². The van der Waals surface area contributed by atoms with Gasteiger partial charge in [-0.15, -0.1) is 0 Å². The highest BCUT2D eigenvalue weighted by Crippen LogP contribution is 2.36. The molecule has 1 aromatic rings. The maximum atomic E-state index is 11.6. The average molecular weight is 291 g/mol. The fourth-order valence-corrected chi connectivity index (χ4v) is 2.70. The molecule has 2 rings (SSSR count). The van der Waals surface area contributed by atoms with Gasteiger partial charge in [-0.1, -0.05) is 0 Å². The van der Waals surface area contributed by atoms with Gasteiger partial charge >= 0.3 is 5.97 Å². The summed E-state index contributed by atoms with van der Waals surface area (Å²) in [5.74, 6) is -0.443. The van der Waals surface area contributed by atoms with E-state index in [1.165, 1.54) is 25.3 Å². The molecule has 0 bridgehead atoms. The first-order valence-electron chi connectivity index (χ1n) is 5.22. The summed E-state index contributed by atoms with van der Waals surface area (Å²) in [4.78, 5) is 11.6. The van der Waals surface area contributed by atoms with Crippen molar-refractivity contribution in [3.8, 4) is 5.75 Å². The van der Waals surface area contributed by atoms with Gasteiger partial charge < -0.3 is 9.47 Å². The number of carbonyl (C=O) groups excluding carboxylic acids is 1. The lowest BCUT2D eigenvalue weighted by Gasteiger charge is -2.24. The van der Waals surface area contributed by atoms with Crippen molar-refractivity contribution in [2.24, 2.45) is 0 Å². The lowest BCUT2D eigenvalue weighted by atomic mass is 9.93. The van der Waals surface area contributed by atoms with E-state index in [-0.39, 0.29) is 4.90 Å². The lowest BCUT2D eigenvalue weighted by molar-refractivity contribution is -0.143. The standard InChI is InChI=1S/C11H11ClO5S/c1-16-11(13)8-4-5-17-10-3-2-7(6-9(8)10)18(12,14)15/h2-3,6,8H,4-5H2,1H3/t8-/m0/s1. The maximum absolute atomic E-state index is 11.6. The predicted octanol–water partition coefficient (Wildman–Crippen LogP) is 1.65. The SMILES string of the molecule is COC(=O)[C@H]1CCOc2ccc(S(=O)(=O)Cl)cc21. The molecule has 7 heteroatoms. The van der Waals surface area contributed by atoms with Gasteiger partial charge in [-0.05, 0) is 24.6 Å². The zero-order valence-electron chi connectivity index (χ0n) is 9.55. The maximum Gasteiger partial charge on any atom is 0.313 e. The monoisotopic (exact) mass is 290 g/mol. The van der Waals surface area contributed by atoms with Crippen LogP contribution in [0.3, 0.4) is 0 Å². The molecule has 98 valence electrons. The molecule has 1 atom stereocenters. The van der Waals surface area contributed by atoms with Crippen LogP contribution in [0.5, 0.6) is 5.75 Å². The fourth-order valence-electron chi connectivity index (χ4n) is 1.91. The molecule has 1 aliphatic rings. The number of carbonyl (C=O) groups is 1. The third kappa shape index (κ3) is 2.44. The summed E-state index contributed by atoms with van der Waals surface area (Å²) in [7, 11) is 2.74. The van der Waals surface area contributed by atoms with E-state index in [1.54, 1.807) is 0 Å². The third-order valence-electron chi connectivity index (χ3n) is 2.79. The van der Waals surface area contributed by atoms with Crippen molar-refractivity contribution in [2.75, 3.05) is 13.7 Å². The van der Waals surface area contributed by atoms with Crippen molar-refractivity contribution in [1.82, 2.24) is 0 Å². The summed E-state index contributed by atoms with van der Waals surface area (Å²) in [5.41, 5.74) is 0.495. The molecule has 0 fully saturated rings. The highest BCUT2D eigenvalue weighted by molar-refractivity contribution is 8.13. The summed E-state index contributed by atoms with van der Waals surface area (Å²) < 4.78 is 32.6. The van der Waals surface area contributed by atoms with Crippen molar-refractivity contribution in [2.45, 2.75) is 17.2 Å². The summed E-state index contributed by atoms with van der Waals surface area (Å²) >= 11 is 0. The van der Waals surface area contributed by atoms with Gasteiger partial charge in [-0.25, -0.2) is 8.42 Å². The number of hydrogen-bond acceptors (Lipinski definition) is 5. The number of halogens is 1. The molecular weight excluding hydrogens is 280 g/mol. The smallest absolute Gasteiger partial charge is 0.313 e. The van der Waals surface area contributed by atoms with E-state index in [4.69, 9.17) is 20.2 Å². The first-order valence-corrected chi connectivity index (χ1v) is 7.53. The largest absolute Gasteiger partial charge is 0.493 e. The van der Waals surface area contributed by atoms with E-state index in [1.807, 2.05) is 0 Å². The van der Waals surface area contributed by atoms with Gasteiger partial charge in [-0.3, -0.25) is 4.79 Å². The molecule has 1 aromatic carbocycles. The van der Waals surface area contributed by atoms with Crippen molar-refractivity contribution in [1.29, 1.82) is 0 Å². The molecule has 18 heavy (non-hydrogen) atoms. The summed E-state index contributed by atoms with van der Waals surface area (Å²) in [6.45, 7) is 0.389. The van der Waals surface area contributed by atoms with Gasteiger partial charge in [0.05, 0.1) is 24.5 Å². The molecule has 0 aromatic heterocycles. The zero-order chi connectivity index (χ0) is 13.3. The number of fused-ring (bicyclic) bond motifs is 1. The Hall–Kier alpha value is -1.27. The Labute approximate surface area is 109 Å². The number of benzene rings is 1. The minimum absolute atomic E-state index is 0.0534. The van der Waals surface area contributed by atoms with E-state index < -0.39 is 20.9 Å². The molecule has 0 unspecified atom stereocenters. The normalized spacial score (nSPS) is 18.7. The van der Waals surface area contributed by atoms with Gasteiger partial charge in [0, 0.05) is 16.2 Å². The van der Waals surface area contributed by atoms with Crippen LogP contribution < -0.4 is 4.74 Å². The van der Waals surface area contributed by atoms with Crippen LogP contribution in [0.2, 0.25) is 0 Å². The molecular formula is C11H11ClO5S. The summed E-state index contributed by atoms with van der Waals surface area (Å²) in [5, 5.41) is 0. The minimum Gasteiger partial charge on any atom is -0.493 e. The molecule has 1 aliphatic heterocycles. The molecule has 0 amide bonds. The number of methoxy groups -OCH3 is 1. The highest BCUT2D eigenvalue weighted by atomic mass is 35.7. The summed E-state index contributed by atoms with van der Waals surface area (Å²) in [6.07, 6.45) is 0.450. The molecule has 0 N–H and O–H groups in total. The Balaban J connectivity index is 2.51. The molecule has 5 nitrogen and oxygen atoms in total. The van der Waals surface area contributed by atoms with E-state index >= 15 is 0 Å². The number of ether oxygens (including phenoxy) is 2. The second-order valence-corrected chi connectivity index (χ2v) is 6.42. The first kappa shape index (κ1) is 13.2. The van der Waals surface area contributed by atoms with E-state index in [0.29, 0.717) is 24.3 Å². The Morgan fingerprint density at radius 2 is 2.22 bits per heavy atom. The number of hydrogen-bond donors (Lipinski definition) is 0. The highest BCUT2D eigenvalue weighted by Gasteiger charge is 2.29. The van der Waals surface area contributed by atoms with Crippen molar-refractivity contribution >= 4 is 25.7 Å². The van der Waals surface area contributed by atoms with Crippen LogP contribution in [0.25, 0.3) is 0 Å². The number of esters is 1. The lowest BCUT2D eigenvalue weighted by Crippen LogP contribution is -2.22. The van der Waals surface area contributed by atoms with Crippen LogP contribution in [-0.2, 0) is 18.6 Å². The molecule has 0 saturated carbocycles. The van der Waals surface area contributed by atoms with Gasteiger partial charge in [-0.2, -0.15) is 0 Å². The van der Waals surface area contributed by atoms with E-state index in [0.717, 1.165) is 0 Å². The second kappa shape index (κ2) is 4.78. The minimum atomic E-state index is -3.83. The zero-order valence-corrected chi connectivity index (χ0v) is 11.1. The Bertz CT molecular complexity index is 581. The van der Waals surface area contributed by atoms with Gasteiger partial charge in [0.15, 0.2) is 0 Å². The van der Waals surface area contributed by atoms with Crippen LogP contribution in [0.4, 0.5) is 0 Å². The Morgan fingerprint density at radius 1 is 1.50 bits per heavy atom. The van der Waals surface area contributed by atoms with Crippen molar-refractivity contribution in [3.63, 3.8) is 0 Å². The molecule has 0 aliphatic carbocycles. The Kier molecular flexibility index (Phi) is 3.49. The van der Waals surface area contributed by atoms with E-state index in [2.05, 4.69) is 0 Å². The quantitative estimate of drug-likeness (QED) is 0.612. The molecule has 0 spiro atoms. The van der Waals surface area contributed by atoms with Crippen LogP contribution in [-0.4, -0.2) is 28.1 Å². The number of rotatable bonds is 2. The predicted molar refractivity (Wildman–Crippen MR) is 64.3 cm³/mol. The van der Waals surface area contributed by atoms with Crippen LogP contribution in [0.15, 0.2) is 23.1 Å². The topological polar surface area (TPSA) is 69.7 Å². The average Bonchev–Trinajstić information content (AvgIpc) is 2.35. The van der Waals surface area contributed by atoms with E-state index in [9.17, 15) is 13.2 Å². The van der Waals surface area contributed by atoms with Crippen molar-refractivity contribution < 1.29 is 22.7 Å². The molecule has 0 saturated heterocycles.